The van der Waals surface area contributed by atoms with Crippen LogP contribution in [0.25, 0.3) is 0 Å². The van der Waals surface area contributed by atoms with Gasteiger partial charge in [0.1, 0.15) is 17.8 Å². The smallest absolute Gasteiger partial charge is 0.250 e. The number of nitrogens with one attached hydrogen (secondary N) is 1. The van der Waals surface area contributed by atoms with Crippen LogP contribution in [-0.4, -0.2) is 78.4 Å². The molecule has 0 aliphatic carbocycles. The van der Waals surface area contributed by atoms with Gasteiger partial charge >= 0.3 is 0 Å². The van der Waals surface area contributed by atoms with Crippen molar-refractivity contribution < 1.29 is 9.53 Å². The fourth-order valence-electron chi connectivity index (χ4n) is 4.79. The van der Waals surface area contributed by atoms with E-state index >= 15 is 0 Å². The lowest BCUT2D eigenvalue weighted by atomic mass is 9.96. The molecule has 180 valence electrons. The Morgan fingerprint density at radius 1 is 1.24 bits per heavy atom. The van der Waals surface area contributed by atoms with Gasteiger partial charge in [0.05, 0.1) is 13.0 Å². The highest BCUT2D eigenvalue weighted by atomic mass is 35.5. The molecule has 0 unspecified atom stereocenters. The van der Waals surface area contributed by atoms with Gasteiger partial charge in [0, 0.05) is 43.3 Å². The first-order valence-electron chi connectivity index (χ1n) is 11.9. The lowest BCUT2D eigenvalue weighted by molar-refractivity contribution is -0.145. The maximum Gasteiger partial charge on any atom is 0.250 e. The molecule has 8 nitrogen and oxygen atoms in total. The van der Waals surface area contributed by atoms with Crippen LogP contribution in [0.4, 0.5) is 0 Å². The van der Waals surface area contributed by atoms with Gasteiger partial charge in [0.2, 0.25) is 5.91 Å². The van der Waals surface area contributed by atoms with Gasteiger partial charge in [-0.05, 0) is 42.9 Å². The van der Waals surface area contributed by atoms with Crippen LogP contribution in [0.3, 0.4) is 0 Å². The molecule has 1 amide bonds. The SMILES string of the molecule is CC(C)CNC(=O)[C@H]1CN(C2CCN(C3=NN=C(N)C3)CC2)[C@@H](Cc2ccc(Cl)cc2)CO1. The summed E-state index contributed by atoms with van der Waals surface area (Å²) in [6.07, 6.45) is 3.09. The Morgan fingerprint density at radius 2 is 1.97 bits per heavy atom. The first kappa shape index (κ1) is 24.0. The van der Waals surface area contributed by atoms with Gasteiger partial charge in [-0.3, -0.25) is 9.69 Å². The maximum absolute atomic E-state index is 12.8. The molecule has 1 aromatic rings. The van der Waals surface area contributed by atoms with E-state index in [1.807, 2.05) is 12.1 Å². The van der Waals surface area contributed by atoms with Crippen LogP contribution in [0.5, 0.6) is 0 Å². The number of amides is 1. The van der Waals surface area contributed by atoms with Crippen molar-refractivity contribution in [3.05, 3.63) is 34.9 Å². The van der Waals surface area contributed by atoms with Crippen molar-refractivity contribution in [2.24, 2.45) is 21.9 Å². The molecule has 9 heteroatoms. The second kappa shape index (κ2) is 10.8. The standard InChI is InChI=1S/C24H35ClN6O2/c1-16(2)13-27-24(32)21-14-31(20(15-33-21)11-17-3-5-18(25)6-4-17)19-7-9-30(10-8-19)23-12-22(26)28-29-23/h3-6,16,19-21H,7-15H2,1-2H3,(H2,26,28)(H,27,32)/t20-,21+/m0/s1. The number of nitrogens with two attached hydrogens (primary N) is 1. The highest BCUT2D eigenvalue weighted by Crippen LogP contribution is 2.26. The first-order valence-corrected chi connectivity index (χ1v) is 12.3. The molecular weight excluding hydrogens is 440 g/mol. The predicted molar refractivity (Wildman–Crippen MR) is 132 cm³/mol. The number of halogens is 1. The Hall–Kier alpha value is -2.16. The first-order chi connectivity index (χ1) is 15.9. The third-order valence-corrected chi connectivity index (χ3v) is 6.88. The molecule has 0 bridgehead atoms. The number of piperidine rings is 1. The molecule has 3 aliphatic rings. The summed E-state index contributed by atoms with van der Waals surface area (Å²) in [5, 5.41) is 12.0. The molecule has 0 radical (unpaired) electrons. The number of likely N-dealkylation sites (tertiary alicyclic amines) is 1. The number of hydrogen-bond acceptors (Lipinski definition) is 7. The van der Waals surface area contributed by atoms with E-state index in [0.717, 1.165) is 43.2 Å². The summed E-state index contributed by atoms with van der Waals surface area (Å²) in [6.45, 7) is 7.85. The zero-order chi connectivity index (χ0) is 23.4. The summed E-state index contributed by atoms with van der Waals surface area (Å²) in [5.41, 5.74) is 7.03. The lowest BCUT2D eigenvalue weighted by Gasteiger charge is -2.46. The lowest BCUT2D eigenvalue weighted by Crippen LogP contribution is -2.60. The molecule has 1 aromatic carbocycles. The van der Waals surface area contributed by atoms with Crippen molar-refractivity contribution >= 4 is 29.2 Å². The largest absolute Gasteiger partial charge is 0.385 e. The fraction of sp³-hybridized carbons (Fsp3) is 0.625. The van der Waals surface area contributed by atoms with E-state index in [4.69, 9.17) is 22.1 Å². The number of carbonyl (C=O) groups excluding carboxylic acids is 1. The topological polar surface area (TPSA) is 95.6 Å². The van der Waals surface area contributed by atoms with E-state index in [1.165, 1.54) is 5.56 Å². The summed E-state index contributed by atoms with van der Waals surface area (Å²) in [4.78, 5) is 17.6. The Bertz CT molecular complexity index is 879. The molecule has 3 N–H and O–H groups in total. The van der Waals surface area contributed by atoms with Gasteiger partial charge in [0.25, 0.3) is 0 Å². The third kappa shape index (κ3) is 6.25. The highest BCUT2D eigenvalue weighted by molar-refractivity contribution is 6.30. The van der Waals surface area contributed by atoms with E-state index in [9.17, 15) is 4.79 Å². The Kier molecular flexibility index (Phi) is 7.88. The molecule has 3 aliphatic heterocycles. The number of nitrogens with zero attached hydrogens (tertiary/aromatic N) is 4. The van der Waals surface area contributed by atoms with Gasteiger partial charge in [0.15, 0.2) is 0 Å². The zero-order valence-electron chi connectivity index (χ0n) is 19.5. The average Bonchev–Trinajstić information content (AvgIpc) is 3.25. The predicted octanol–water partition coefficient (Wildman–Crippen LogP) is 2.26. The van der Waals surface area contributed by atoms with Crippen LogP contribution >= 0.6 is 11.6 Å². The highest BCUT2D eigenvalue weighted by Gasteiger charge is 2.38. The molecule has 0 aromatic heterocycles. The monoisotopic (exact) mass is 474 g/mol. The van der Waals surface area contributed by atoms with E-state index in [0.29, 0.717) is 43.9 Å². The second-order valence-corrected chi connectivity index (χ2v) is 10.1. The van der Waals surface area contributed by atoms with Crippen LogP contribution in [0.2, 0.25) is 5.02 Å². The normalized spacial score (nSPS) is 24.7. The number of amidine groups is 2. The van der Waals surface area contributed by atoms with Crippen LogP contribution in [0.1, 0.15) is 38.7 Å². The van der Waals surface area contributed by atoms with Crippen LogP contribution in [0, 0.1) is 5.92 Å². The number of rotatable bonds is 6. The van der Waals surface area contributed by atoms with Crippen LogP contribution in [-0.2, 0) is 16.0 Å². The molecular formula is C24H35ClN6O2. The van der Waals surface area contributed by atoms with Gasteiger partial charge in [-0.2, -0.15) is 0 Å². The Balaban J connectivity index is 1.42. The van der Waals surface area contributed by atoms with Gasteiger partial charge in [-0.1, -0.05) is 37.6 Å². The minimum atomic E-state index is -0.435. The zero-order valence-corrected chi connectivity index (χ0v) is 20.3. The van der Waals surface area contributed by atoms with E-state index in [2.05, 4.69) is 51.3 Å². The van der Waals surface area contributed by atoms with Crippen molar-refractivity contribution in [2.45, 2.75) is 57.7 Å². The summed E-state index contributed by atoms with van der Waals surface area (Å²) in [6, 6.07) is 8.63. The van der Waals surface area contributed by atoms with Crippen molar-refractivity contribution in [1.29, 1.82) is 0 Å². The third-order valence-electron chi connectivity index (χ3n) is 6.63. The van der Waals surface area contributed by atoms with Gasteiger partial charge in [-0.15, -0.1) is 10.2 Å². The molecule has 0 spiro atoms. The van der Waals surface area contributed by atoms with Crippen molar-refractivity contribution in [3.8, 4) is 0 Å². The summed E-state index contributed by atoms with van der Waals surface area (Å²) in [5.74, 6) is 1.95. The number of morpholine rings is 1. The molecule has 2 fully saturated rings. The minimum Gasteiger partial charge on any atom is -0.385 e. The molecule has 2 atom stereocenters. The average molecular weight is 475 g/mol. The van der Waals surface area contributed by atoms with E-state index < -0.39 is 6.10 Å². The van der Waals surface area contributed by atoms with Crippen LogP contribution < -0.4 is 11.1 Å². The quantitative estimate of drug-likeness (QED) is 0.659. The van der Waals surface area contributed by atoms with Crippen LogP contribution in [0.15, 0.2) is 34.5 Å². The molecule has 4 rings (SSSR count). The van der Waals surface area contributed by atoms with Crippen molar-refractivity contribution in [3.63, 3.8) is 0 Å². The maximum atomic E-state index is 12.8. The van der Waals surface area contributed by atoms with Gasteiger partial charge in [-0.25, -0.2) is 0 Å². The summed E-state index contributed by atoms with van der Waals surface area (Å²) < 4.78 is 6.08. The fourth-order valence-corrected chi connectivity index (χ4v) is 4.92. The van der Waals surface area contributed by atoms with E-state index in [-0.39, 0.29) is 11.9 Å². The Labute approximate surface area is 201 Å². The van der Waals surface area contributed by atoms with Gasteiger partial charge < -0.3 is 20.7 Å². The molecule has 33 heavy (non-hydrogen) atoms. The number of hydrogen-bond donors (Lipinski definition) is 2. The van der Waals surface area contributed by atoms with E-state index in [1.54, 1.807) is 0 Å². The molecule has 0 saturated carbocycles. The minimum absolute atomic E-state index is 0.0102. The number of ether oxygens (including phenoxy) is 1. The number of benzene rings is 1. The molecule has 2 saturated heterocycles. The van der Waals surface area contributed by atoms with Crippen molar-refractivity contribution in [2.75, 3.05) is 32.8 Å². The van der Waals surface area contributed by atoms with Crippen molar-refractivity contribution in [1.82, 2.24) is 15.1 Å². The number of carbonyl (C=O) groups is 1. The molecule has 3 heterocycles. The summed E-state index contributed by atoms with van der Waals surface area (Å²) in [7, 11) is 0. The Morgan fingerprint density at radius 3 is 2.61 bits per heavy atom. The second-order valence-electron chi connectivity index (χ2n) is 9.64. The summed E-state index contributed by atoms with van der Waals surface area (Å²) >= 11 is 6.08.